The van der Waals surface area contributed by atoms with E-state index in [2.05, 4.69) is 16.7 Å². The molecule has 0 atom stereocenters. The van der Waals surface area contributed by atoms with E-state index >= 15 is 0 Å². The molecule has 0 saturated heterocycles. The number of nitrogens with one attached hydrogen (secondary N) is 2. The molecule has 0 bridgehead atoms. The Morgan fingerprint density at radius 1 is 1.09 bits per heavy atom. The SMILES string of the molecule is Cc1ccc(NC(=O)NC2(c3ccc(Cl)cc3)CC2)c(C)c1. The van der Waals surface area contributed by atoms with Gasteiger partial charge in [-0.2, -0.15) is 0 Å². The number of urea groups is 1. The van der Waals surface area contributed by atoms with Crippen molar-refractivity contribution < 1.29 is 4.79 Å². The van der Waals surface area contributed by atoms with E-state index in [0.717, 1.165) is 29.7 Å². The summed E-state index contributed by atoms with van der Waals surface area (Å²) in [6.45, 7) is 4.03. The second-order valence-corrected chi connectivity index (χ2v) is 6.42. The molecule has 0 aromatic heterocycles. The Balaban J connectivity index is 1.70. The molecule has 0 radical (unpaired) electrons. The van der Waals surface area contributed by atoms with Crippen molar-refractivity contribution >= 4 is 23.3 Å². The van der Waals surface area contributed by atoms with Gasteiger partial charge in [-0.15, -0.1) is 0 Å². The Kier molecular flexibility index (Phi) is 3.83. The monoisotopic (exact) mass is 314 g/mol. The summed E-state index contributed by atoms with van der Waals surface area (Å²) in [7, 11) is 0. The number of halogens is 1. The number of carbonyl (C=O) groups excluding carboxylic acids is 1. The largest absolute Gasteiger partial charge is 0.328 e. The van der Waals surface area contributed by atoms with Crippen LogP contribution in [0.5, 0.6) is 0 Å². The molecule has 4 heteroatoms. The van der Waals surface area contributed by atoms with Gasteiger partial charge in [-0.3, -0.25) is 0 Å². The summed E-state index contributed by atoms with van der Waals surface area (Å²) < 4.78 is 0. The Hall–Kier alpha value is -2.00. The van der Waals surface area contributed by atoms with Crippen molar-refractivity contribution in [2.45, 2.75) is 32.2 Å². The Labute approximate surface area is 135 Å². The van der Waals surface area contributed by atoms with Crippen LogP contribution >= 0.6 is 11.6 Å². The van der Waals surface area contributed by atoms with Crippen molar-refractivity contribution in [1.29, 1.82) is 0 Å². The van der Waals surface area contributed by atoms with E-state index < -0.39 is 0 Å². The molecule has 0 aliphatic heterocycles. The van der Waals surface area contributed by atoms with Crippen LogP contribution in [0.1, 0.15) is 29.5 Å². The first-order valence-corrected chi connectivity index (χ1v) is 7.79. The number of hydrogen-bond donors (Lipinski definition) is 2. The maximum atomic E-state index is 12.3. The predicted octanol–water partition coefficient (Wildman–Crippen LogP) is 4.77. The highest BCUT2D eigenvalue weighted by molar-refractivity contribution is 6.30. The smallest absolute Gasteiger partial charge is 0.319 e. The molecular weight excluding hydrogens is 296 g/mol. The minimum atomic E-state index is -0.243. The minimum absolute atomic E-state index is 0.167. The third-order valence-corrected chi connectivity index (χ3v) is 4.38. The number of amides is 2. The molecule has 0 heterocycles. The maximum Gasteiger partial charge on any atom is 0.319 e. The first-order chi connectivity index (χ1) is 10.5. The third-order valence-electron chi connectivity index (χ3n) is 4.13. The number of rotatable bonds is 3. The molecule has 0 unspecified atom stereocenters. The van der Waals surface area contributed by atoms with Crippen LogP contribution < -0.4 is 10.6 Å². The summed E-state index contributed by atoms with van der Waals surface area (Å²) in [5, 5.41) is 6.75. The van der Waals surface area contributed by atoms with E-state index in [9.17, 15) is 4.79 Å². The van der Waals surface area contributed by atoms with Crippen LogP contribution in [0.4, 0.5) is 10.5 Å². The molecule has 1 aliphatic carbocycles. The highest BCUT2D eigenvalue weighted by Gasteiger charge is 2.45. The fourth-order valence-electron chi connectivity index (χ4n) is 2.70. The molecule has 1 saturated carbocycles. The minimum Gasteiger partial charge on any atom is -0.328 e. The Morgan fingerprint density at radius 3 is 2.36 bits per heavy atom. The van der Waals surface area contributed by atoms with Crippen LogP contribution in [-0.4, -0.2) is 6.03 Å². The maximum absolute atomic E-state index is 12.3. The second kappa shape index (κ2) is 5.65. The average Bonchev–Trinajstić information content (AvgIpc) is 3.23. The van der Waals surface area contributed by atoms with Gasteiger partial charge in [0, 0.05) is 10.7 Å². The molecule has 114 valence electrons. The van der Waals surface area contributed by atoms with E-state index in [1.54, 1.807) is 0 Å². The molecule has 1 fully saturated rings. The van der Waals surface area contributed by atoms with Crippen LogP contribution in [0.15, 0.2) is 42.5 Å². The van der Waals surface area contributed by atoms with Crippen LogP contribution in [0.2, 0.25) is 5.02 Å². The van der Waals surface area contributed by atoms with E-state index in [-0.39, 0.29) is 11.6 Å². The highest BCUT2D eigenvalue weighted by atomic mass is 35.5. The van der Waals surface area contributed by atoms with Gasteiger partial charge in [0.2, 0.25) is 0 Å². The first kappa shape index (κ1) is 14.9. The Bertz CT molecular complexity index is 706. The number of aryl methyl sites for hydroxylation is 2. The summed E-state index contributed by atoms with van der Waals surface area (Å²) in [5.74, 6) is 0. The lowest BCUT2D eigenvalue weighted by Gasteiger charge is -2.19. The van der Waals surface area contributed by atoms with Crippen LogP contribution in [0, 0.1) is 13.8 Å². The predicted molar refractivity (Wildman–Crippen MR) is 90.4 cm³/mol. The second-order valence-electron chi connectivity index (χ2n) is 5.99. The zero-order valence-corrected chi connectivity index (χ0v) is 13.5. The molecule has 1 aliphatic rings. The van der Waals surface area contributed by atoms with Gasteiger partial charge in [0.1, 0.15) is 0 Å². The lowest BCUT2D eigenvalue weighted by molar-refractivity contribution is 0.247. The van der Waals surface area contributed by atoms with Crippen molar-refractivity contribution in [3.8, 4) is 0 Å². The summed E-state index contributed by atoms with van der Waals surface area (Å²) >= 11 is 5.93. The average molecular weight is 315 g/mol. The number of benzene rings is 2. The summed E-state index contributed by atoms with van der Waals surface area (Å²) in [4.78, 5) is 12.3. The van der Waals surface area contributed by atoms with Crippen LogP contribution in [0.25, 0.3) is 0 Å². The molecule has 2 amide bonds. The standard InChI is InChI=1S/C18H19ClN2O/c1-12-3-8-16(13(2)11-12)20-17(22)21-18(9-10-18)14-4-6-15(19)7-5-14/h3-8,11H,9-10H2,1-2H3,(H2,20,21,22). The van der Waals surface area contributed by atoms with E-state index in [1.165, 1.54) is 5.56 Å². The highest BCUT2D eigenvalue weighted by Crippen LogP contribution is 2.45. The van der Waals surface area contributed by atoms with Crippen molar-refractivity contribution in [2.24, 2.45) is 0 Å². The lowest BCUT2D eigenvalue weighted by Crippen LogP contribution is -2.38. The summed E-state index contributed by atoms with van der Waals surface area (Å²) in [6, 6.07) is 13.5. The van der Waals surface area contributed by atoms with Crippen molar-refractivity contribution in [3.05, 3.63) is 64.2 Å². The summed E-state index contributed by atoms with van der Waals surface area (Å²) in [6.07, 6.45) is 1.91. The normalized spacial score (nSPS) is 15.2. The summed E-state index contributed by atoms with van der Waals surface area (Å²) in [5.41, 5.74) is 3.95. The van der Waals surface area contributed by atoms with Gasteiger partial charge in [0.25, 0.3) is 0 Å². The van der Waals surface area contributed by atoms with Crippen molar-refractivity contribution in [3.63, 3.8) is 0 Å². The van der Waals surface area contributed by atoms with Crippen LogP contribution in [0.3, 0.4) is 0 Å². The lowest BCUT2D eigenvalue weighted by atomic mass is 10.1. The van der Waals surface area contributed by atoms with Gasteiger partial charge in [0.15, 0.2) is 0 Å². The van der Waals surface area contributed by atoms with Gasteiger partial charge in [-0.1, -0.05) is 41.4 Å². The number of carbonyl (C=O) groups is 1. The van der Waals surface area contributed by atoms with Crippen molar-refractivity contribution in [1.82, 2.24) is 5.32 Å². The fourth-order valence-corrected chi connectivity index (χ4v) is 2.83. The molecule has 2 N–H and O–H groups in total. The molecule has 2 aromatic rings. The molecule has 0 spiro atoms. The first-order valence-electron chi connectivity index (χ1n) is 7.41. The fraction of sp³-hybridized carbons (Fsp3) is 0.278. The van der Waals surface area contributed by atoms with Gasteiger partial charge < -0.3 is 10.6 Å². The third kappa shape index (κ3) is 3.09. The molecular formula is C18H19ClN2O. The van der Waals surface area contributed by atoms with E-state index in [0.29, 0.717) is 5.02 Å². The molecule has 22 heavy (non-hydrogen) atoms. The number of anilines is 1. The van der Waals surface area contributed by atoms with Gasteiger partial charge in [-0.25, -0.2) is 4.79 Å². The molecule has 2 aromatic carbocycles. The Morgan fingerprint density at radius 2 is 1.77 bits per heavy atom. The molecule has 3 rings (SSSR count). The van der Waals surface area contributed by atoms with Crippen LogP contribution in [-0.2, 0) is 5.54 Å². The zero-order chi connectivity index (χ0) is 15.7. The quantitative estimate of drug-likeness (QED) is 0.842. The zero-order valence-electron chi connectivity index (χ0n) is 12.7. The van der Waals surface area contributed by atoms with Gasteiger partial charge >= 0.3 is 6.03 Å². The van der Waals surface area contributed by atoms with Gasteiger partial charge in [-0.05, 0) is 56.0 Å². The van der Waals surface area contributed by atoms with Gasteiger partial charge in [0.05, 0.1) is 5.54 Å². The topological polar surface area (TPSA) is 41.1 Å². The van der Waals surface area contributed by atoms with E-state index in [4.69, 9.17) is 11.6 Å². The van der Waals surface area contributed by atoms with E-state index in [1.807, 2.05) is 50.2 Å². The van der Waals surface area contributed by atoms with Crippen molar-refractivity contribution in [2.75, 3.05) is 5.32 Å². The number of hydrogen-bond acceptors (Lipinski definition) is 1. The molecule has 3 nitrogen and oxygen atoms in total.